The van der Waals surface area contributed by atoms with Gasteiger partial charge in [-0.15, -0.1) is 0 Å². The van der Waals surface area contributed by atoms with E-state index in [1.165, 1.54) is 12.3 Å². The number of hydrogen-bond donors (Lipinski definition) is 3. The van der Waals surface area contributed by atoms with Gasteiger partial charge in [-0.2, -0.15) is 0 Å². The highest BCUT2D eigenvalue weighted by Crippen LogP contribution is 1.90. The third kappa shape index (κ3) is 3.97. The van der Waals surface area contributed by atoms with Gasteiger partial charge in [0.25, 0.3) is 0 Å². The molecule has 0 spiro atoms. The van der Waals surface area contributed by atoms with Gasteiger partial charge in [0.15, 0.2) is 0 Å². The number of aromatic nitrogens is 1. The number of carboxylic acids is 1. The van der Waals surface area contributed by atoms with E-state index in [1.807, 2.05) is 0 Å². The van der Waals surface area contributed by atoms with Crippen molar-refractivity contribution in [2.24, 2.45) is 0 Å². The Morgan fingerprint density at radius 3 is 2.36 bits per heavy atom. The molecule has 0 amide bonds. The van der Waals surface area contributed by atoms with E-state index in [0.29, 0.717) is 0 Å². The van der Waals surface area contributed by atoms with Crippen LogP contribution < -0.4 is 10.6 Å². The van der Waals surface area contributed by atoms with Crippen molar-refractivity contribution in [1.29, 1.82) is 0 Å². The molecule has 2 rings (SSSR count). The first kappa shape index (κ1) is 10.6. The molecule has 1 aromatic heterocycles. The summed E-state index contributed by atoms with van der Waals surface area (Å²) in [5, 5.41) is 14.5. The lowest BCUT2D eigenvalue weighted by atomic mass is 10.4. The highest BCUT2D eigenvalue weighted by Gasteiger charge is 1.98. The molecule has 5 nitrogen and oxygen atoms in total. The molecule has 0 atom stereocenters. The maximum atomic E-state index is 10.1. The minimum Gasteiger partial charge on any atom is -0.477 e. The van der Waals surface area contributed by atoms with Crippen LogP contribution in [-0.4, -0.2) is 35.8 Å². The average Bonchev–Trinajstić information content (AvgIpc) is 2.77. The maximum Gasteiger partial charge on any atom is 0.354 e. The van der Waals surface area contributed by atoms with Crippen LogP contribution in [-0.2, 0) is 0 Å². The number of rotatable bonds is 1. The Labute approximate surface area is 82.2 Å². The molecule has 0 bridgehead atoms. The van der Waals surface area contributed by atoms with Crippen LogP contribution >= 0.6 is 0 Å². The highest BCUT2D eigenvalue weighted by molar-refractivity contribution is 5.85. The molecule has 1 aromatic rings. The summed E-state index contributed by atoms with van der Waals surface area (Å²) in [6, 6.07) is 4.76. The molecule has 0 saturated carbocycles. The number of nitrogens with zero attached hydrogens (tertiary/aromatic N) is 1. The van der Waals surface area contributed by atoms with Gasteiger partial charge in [-0.1, -0.05) is 6.07 Å². The Bertz CT molecular complexity index is 265. The van der Waals surface area contributed by atoms with Gasteiger partial charge >= 0.3 is 5.97 Å². The predicted octanol–water partition coefficient (Wildman–Crippen LogP) is -0.0835. The van der Waals surface area contributed by atoms with Gasteiger partial charge in [-0.25, -0.2) is 9.78 Å². The molecule has 1 aliphatic heterocycles. The smallest absolute Gasteiger partial charge is 0.354 e. The monoisotopic (exact) mass is 195 g/mol. The van der Waals surface area contributed by atoms with Crippen LogP contribution in [0.25, 0.3) is 0 Å². The van der Waals surface area contributed by atoms with Crippen LogP contribution in [0.5, 0.6) is 0 Å². The SMILES string of the molecule is C1CNCN1.O=C(O)c1ccccn1. The van der Waals surface area contributed by atoms with Gasteiger partial charge < -0.3 is 15.7 Å². The second-order valence-electron chi connectivity index (χ2n) is 2.70. The van der Waals surface area contributed by atoms with Crippen LogP contribution in [0.4, 0.5) is 0 Å². The molecule has 1 fully saturated rings. The third-order valence-electron chi connectivity index (χ3n) is 1.61. The predicted molar refractivity (Wildman–Crippen MR) is 52.1 cm³/mol. The molecular formula is C9H13N3O2. The molecule has 0 aromatic carbocycles. The minimum atomic E-state index is -0.990. The average molecular weight is 195 g/mol. The van der Waals surface area contributed by atoms with E-state index in [4.69, 9.17) is 5.11 Å². The molecular weight excluding hydrogens is 182 g/mol. The van der Waals surface area contributed by atoms with Crippen molar-refractivity contribution in [2.75, 3.05) is 19.8 Å². The standard InChI is InChI=1S/C6H5NO2.C3H8N2/c8-6(9)5-3-1-2-4-7-5;1-2-5-3-4-1/h1-4H,(H,8,9);4-5H,1-3H2. The summed E-state index contributed by atoms with van der Waals surface area (Å²) in [4.78, 5) is 13.7. The zero-order valence-electron chi connectivity index (χ0n) is 7.73. The van der Waals surface area contributed by atoms with Gasteiger partial charge in [0.1, 0.15) is 5.69 Å². The molecule has 3 N–H and O–H groups in total. The number of aromatic carboxylic acids is 1. The zero-order chi connectivity index (χ0) is 10.2. The van der Waals surface area contributed by atoms with E-state index in [1.54, 1.807) is 12.1 Å². The highest BCUT2D eigenvalue weighted by atomic mass is 16.4. The van der Waals surface area contributed by atoms with Crippen molar-refractivity contribution < 1.29 is 9.90 Å². The second kappa shape index (κ2) is 6.06. The van der Waals surface area contributed by atoms with Crippen molar-refractivity contribution in [2.45, 2.75) is 0 Å². The van der Waals surface area contributed by atoms with E-state index in [0.717, 1.165) is 19.8 Å². The van der Waals surface area contributed by atoms with Crippen LogP contribution in [0, 0.1) is 0 Å². The lowest BCUT2D eigenvalue weighted by molar-refractivity contribution is 0.0690. The first-order valence-corrected chi connectivity index (χ1v) is 4.36. The van der Waals surface area contributed by atoms with Crippen molar-refractivity contribution >= 4 is 5.97 Å². The molecule has 0 unspecified atom stereocenters. The Balaban J connectivity index is 0.000000165. The Morgan fingerprint density at radius 2 is 2.07 bits per heavy atom. The molecule has 14 heavy (non-hydrogen) atoms. The van der Waals surface area contributed by atoms with Crippen LogP contribution in [0.1, 0.15) is 10.5 Å². The molecule has 1 aliphatic rings. The molecule has 2 heterocycles. The summed E-state index contributed by atoms with van der Waals surface area (Å²) >= 11 is 0. The van der Waals surface area contributed by atoms with E-state index < -0.39 is 5.97 Å². The minimum absolute atomic E-state index is 0.0810. The number of carbonyl (C=O) groups is 1. The van der Waals surface area contributed by atoms with Gasteiger partial charge in [-0.05, 0) is 12.1 Å². The quantitative estimate of drug-likeness (QED) is 0.584. The van der Waals surface area contributed by atoms with Gasteiger partial charge in [0.05, 0.1) is 0 Å². The lowest BCUT2D eigenvalue weighted by Gasteiger charge is -1.87. The maximum absolute atomic E-state index is 10.1. The topological polar surface area (TPSA) is 74.2 Å². The summed E-state index contributed by atoms with van der Waals surface area (Å²) in [6.07, 6.45) is 1.45. The van der Waals surface area contributed by atoms with Crippen molar-refractivity contribution in [3.63, 3.8) is 0 Å². The number of nitrogens with one attached hydrogen (secondary N) is 2. The fourth-order valence-electron chi connectivity index (χ4n) is 0.931. The van der Waals surface area contributed by atoms with Gasteiger partial charge in [-0.3, -0.25) is 0 Å². The fraction of sp³-hybridized carbons (Fsp3) is 0.333. The van der Waals surface area contributed by atoms with Crippen LogP contribution in [0.15, 0.2) is 24.4 Å². The summed E-state index contributed by atoms with van der Waals surface area (Å²) in [5.74, 6) is -0.990. The van der Waals surface area contributed by atoms with Gasteiger partial charge in [0, 0.05) is 26.0 Å². The Kier molecular flexibility index (Phi) is 4.60. The first-order chi connectivity index (χ1) is 6.80. The van der Waals surface area contributed by atoms with Gasteiger partial charge in [0.2, 0.25) is 0 Å². The number of carboxylic acid groups (broad SMARTS) is 1. The van der Waals surface area contributed by atoms with Crippen molar-refractivity contribution in [3.8, 4) is 0 Å². The summed E-state index contributed by atoms with van der Waals surface area (Å²) in [5.41, 5.74) is 0.0810. The Hall–Kier alpha value is -1.46. The van der Waals surface area contributed by atoms with Crippen molar-refractivity contribution in [1.82, 2.24) is 15.6 Å². The summed E-state index contributed by atoms with van der Waals surface area (Å²) in [6.45, 7) is 3.28. The lowest BCUT2D eigenvalue weighted by Crippen LogP contribution is -2.11. The third-order valence-corrected chi connectivity index (χ3v) is 1.61. The molecule has 5 heteroatoms. The van der Waals surface area contributed by atoms with E-state index >= 15 is 0 Å². The summed E-state index contributed by atoms with van der Waals surface area (Å²) < 4.78 is 0. The fourth-order valence-corrected chi connectivity index (χ4v) is 0.931. The second-order valence-corrected chi connectivity index (χ2v) is 2.70. The molecule has 0 radical (unpaired) electrons. The number of hydrogen-bond acceptors (Lipinski definition) is 4. The van der Waals surface area contributed by atoms with E-state index in [-0.39, 0.29) is 5.69 Å². The normalized spacial score (nSPS) is 14.3. The first-order valence-electron chi connectivity index (χ1n) is 4.36. The molecule has 0 aliphatic carbocycles. The van der Waals surface area contributed by atoms with Crippen LogP contribution in [0.3, 0.4) is 0 Å². The molecule has 1 saturated heterocycles. The largest absolute Gasteiger partial charge is 0.477 e. The van der Waals surface area contributed by atoms with E-state index in [2.05, 4.69) is 15.6 Å². The Morgan fingerprint density at radius 1 is 1.36 bits per heavy atom. The van der Waals surface area contributed by atoms with E-state index in [9.17, 15) is 4.79 Å². The molecule has 76 valence electrons. The van der Waals surface area contributed by atoms with Crippen LogP contribution in [0.2, 0.25) is 0 Å². The zero-order valence-corrected chi connectivity index (χ0v) is 7.73. The number of pyridine rings is 1. The summed E-state index contributed by atoms with van der Waals surface area (Å²) in [7, 11) is 0. The van der Waals surface area contributed by atoms with Crippen molar-refractivity contribution in [3.05, 3.63) is 30.1 Å².